The van der Waals surface area contributed by atoms with Crippen molar-refractivity contribution >= 4 is 5.97 Å². The van der Waals surface area contributed by atoms with Gasteiger partial charge in [0.1, 0.15) is 11.3 Å². The van der Waals surface area contributed by atoms with Gasteiger partial charge in [-0.2, -0.15) is 0 Å². The summed E-state index contributed by atoms with van der Waals surface area (Å²) in [6.07, 6.45) is 8.48. The fraction of sp³-hybridized carbons (Fsp3) is 0.188. The quantitative estimate of drug-likeness (QED) is 0.634. The fourth-order valence-corrected chi connectivity index (χ4v) is 1.97. The molecule has 6 heteroatoms. The molecule has 0 fully saturated rings. The van der Waals surface area contributed by atoms with Crippen molar-refractivity contribution in [1.82, 2.24) is 9.97 Å². The van der Waals surface area contributed by atoms with Crippen molar-refractivity contribution in [3.05, 3.63) is 35.7 Å². The number of nitrogens with zero attached hydrogens (tertiary/aromatic N) is 2. The summed E-state index contributed by atoms with van der Waals surface area (Å²) in [6, 6.07) is 3.17. The lowest BCUT2D eigenvalue weighted by molar-refractivity contribution is 0.0601. The van der Waals surface area contributed by atoms with Crippen molar-refractivity contribution in [1.29, 1.82) is 0 Å². The van der Waals surface area contributed by atoms with Crippen molar-refractivity contribution in [2.45, 2.75) is 0 Å². The van der Waals surface area contributed by atoms with Crippen LogP contribution in [0.2, 0.25) is 0 Å². The topological polar surface area (TPSA) is 70.5 Å². The van der Waals surface area contributed by atoms with Gasteiger partial charge in [-0.3, -0.25) is 4.98 Å². The molecule has 112 valence electrons. The Labute approximate surface area is 128 Å². The third-order valence-corrected chi connectivity index (χ3v) is 3.02. The molecule has 0 aliphatic carbocycles. The average molecular weight is 298 g/mol. The highest BCUT2D eigenvalue weighted by Crippen LogP contribution is 2.33. The molecule has 0 N–H and O–H groups in total. The highest BCUT2D eigenvalue weighted by atomic mass is 16.5. The molecule has 2 heterocycles. The number of carbonyl (C=O) groups is 1. The zero-order valence-electron chi connectivity index (χ0n) is 12.4. The summed E-state index contributed by atoms with van der Waals surface area (Å²) < 4.78 is 15.2. The normalized spacial score (nSPS) is 9.73. The predicted molar refractivity (Wildman–Crippen MR) is 79.8 cm³/mol. The van der Waals surface area contributed by atoms with Crippen LogP contribution in [0.3, 0.4) is 0 Å². The first-order valence-corrected chi connectivity index (χ1v) is 6.28. The smallest absolute Gasteiger partial charge is 0.341 e. The minimum atomic E-state index is -0.575. The first kappa shape index (κ1) is 15.3. The molecule has 22 heavy (non-hydrogen) atoms. The van der Waals surface area contributed by atoms with Gasteiger partial charge in [0.05, 0.1) is 32.6 Å². The predicted octanol–water partition coefficient (Wildman–Crippen LogP) is 1.93. The molecule has 6 nitrogen and oxygen atoms in total. The van der Waals surface area contributed by atoms with Crippen molar-refractivity contribution in [3.63, 3.8) is 0 Å². The Kier molecular flexibility index (Phi) is 4.59. The number of carbonyl (C=O) groups excluding carboxylic acids is 1. The Morgan fingerprint density at radius 1 is 1.23 bits per heavy atom. The number of methoxy groups -OCH3 is 3. The van der Waals surface area contributed by atoms with Gasteiger partial charge in [-0.15, -0.1) is 6.42 Å². The lowest BCUT2D eigenvalue weighted by atomic mass is 10.0. The largest absolute Gasteiger partial charge is 0.496 e. The molecule has 0 atom stereocenters. The minimum Gasteiger partial charge on any atom is -0.496 e. The summed E-state index contributed by atoms with van der Waals surface area (Å²) in [7, 11) is 4.28. The second-order valence-corrected chi connectivity index (χ2v) is 4.14. The van der Waals surface area contributed by atoms with Crippen LogP contribution in [0.5, 0.6) is 11.6 Å². The third-order valence-electron chi connectivity index (χ3n) is 3.02. The van der Waals surface area contributed by atoms with E-state index in [1.165, 1.54) is 33.7 Å². The molecule has 0 aliphatic rings. The molecule has 0 bridgehead atoms. The third kappa shape index (κ3) is 2.69. The maximum Gasteiger partial charge on any atom is 0.341 e. The van der Waals surface area contributed by atoms with Gasteiger partial charge in [-0.1, -0.05) is 5.92 Å². The van der Waals surface area contributed by atoms with Gasteiger partial charge < -0.3 is 14.2 Å². The summed E-state index contributed by atoms with van der Waals surface area (Å²) in [5, 5.41) is 0. The molecular formula is C16H14N2O4. The molecule has 0 unspecified atom stereocenters. The first-order chi connectivity index (χ1) is 10.7. The average Bonchev–Trinajstić information content (AvgIpc) is 2.59. The van der Waals surface area contributed by atoms with Crippen LogP contribution in [0.15, 0.2) is 24.5 Å². The molecule has 0 saturated carbocycles. The van der Waals surface area contributed by atoms with E-state index in [9.17, 15) is 4.79 Å². The molecule has 0 spiro atoms. The van der Waals surface area contributed by atoms with Crippen LogP contribution in [0.1, 0.15) is 15.9 Å². The van der Waals surface area contributed by atoms with Gasteiger partial charge in [0.2, 0.25) is 5.88 Å². The molecular weight excluding hydrogens is 284 g/mol. The molecule has 0 radical (unpaired) electrons. The van der Waals surface area contributed by atoms with E-state index in [4.69, 9.17) is 20.6 Å². The number of hydrogen-bond acceptors (Lipinski definition) is 6. The standard InChI is InChI=1S/C16H14N2O4/c1-5-10-6-7-17-15(14(10)16(19)22-4)11-9-18-13(21-3)8-12(11)20-2/h1,6-9H,2-4H3. The highest BCUT2D eigenvalue weighted by molar-refractivity contribution is 5.99. The number of rotatable bonds is 4. The summed E-state index contributed by atoms with van der Waals surface area (Å²) in [5.41, 5.74) is 1.43. The SMILES string of the molecule is C#Cc1ccnc(-c2cnc(OC)cc2OC)c1C(=O)OC. The second kappa shape index (κ2) is 6.59. The number of esters is 1. The van der Waals surface area contributed by atoms with E-state index < -0.39 is 5.97 Å². The van der Waals surface area contributed by atoms with Crippen molar-refractivity contribution in [2.75, 3.05) is 21.3 Å². The van der Waals surface area contributed by atoms with Crippen LogP contribution in [-0.4, -0.2) is 37.3 Å². The minimum absolute atomic E-state index is 0.192. The maximum absolute atomic E-state index is 12.1. The van der Waals surface area contributed by atoms with Gasteiger partial charge in [0.15, 0.2) is 0 Å². The van der Waals surface area contributed by atoms with Crippen LogP contribution in [-0.2, 0) is 4.74 Å². The maximum atomic E-state index is 12.1. The van der Waals surface area contributed by atoms with Crippen LogP contribution in [0, 0.1) is 12.3 Å². The van der Waals surface area contributed by atoms with Gasteiger partial charge in [-0.25, -0.2) is 9.78 Å². The Bertz CT molecular complexity index is 750. The molecule has 2 rings (SSSR count). The number of pyridine rings is 2. The number of aromatic nitrogens is 2. The van der Waals surface area contributed by atoms with E-state index in [-0.39, 0.29) is 5.56 Å². The van der Waals surface area contributed by atoms with E-state index in [0.29, 0.717) is 28.5 Å². The Morgan fingerprint density at radius 3 is 2.59 bits per heavy atom. The Morgan fingerprint density at radius 2 is 2.00 bits per heavy atom. The summed E-state index contributed by atoms with van der Waals surface area (Å²) in [5.74, 6) is 2.72. The molecule has 2 aromatic rings. The monoisotopic (exact) mass is 298 g/mol. The summed E-state index contributed by atoms with van der Waals surface area (Å²) in [4.78, 5) is 20.4. The fourth-order valence-electron chi connectivity index (χ4n) is 1.97. The molecule has 0 amide bonds. The summed E-state index contributed by atoms with van der Waals surface area (Å²) >= 11 is 0. The number of hydrogen-bond donors (Lipinski definition) is 0. The first-order valence-electron chi connectivity index (χ1n) is 6.28. The van der Waals surface area contributed by atoms with Crippen molar-refractivity contribution < 1.29 is 19.0 Å². The zero-order chi connectivity index (χ0) is 16.1. The van der Waals surface area contributed by atoms with Crippen LogP contribution in [0.25, 0.3) is 11.3 Å². The Balaban J connectivity index is 2.73. The molecule has 2 aromatic heterocycles. The van der Waals surface area contributed by atoms with Gasteiger partial charge in [-0.05, 0) is 6.07 Å². The van der Waals surface area contributed by atoms with E-state index in [2.05, 4.69) is 15.9 Å². The summed E-state index contributed by atoms with van der Waals surface area (Å²) in [6.45, 7) is 0. The lowest BCUT2D eigenvalue weighted by Crippen LogP contribution is -2.08. The number of ether oxygens (including phenoxy) is 3. The van der Waals surface area contributed by atoms with E-state index >= 15 is 0 Å². The molecule has 0 aromatic carbocycles. The van der Waals surface area contributed by atoms with Gasteiger partial charge >= 0.3 is 5.97 Å². The van der Waals surface area contributed by atoms with E-state index in [1.54, 1.807) is 12.1 Å². The van der Waals surface area contributed by atoms with E-state index in [1.807, 2.05) is 0 Å². The zero-order valence-corrected chi connectivity index (χ0v) is 12.4. The van der Waals surface area contributed by atoms with Gasteiger partial charge in [0, 0.05) is 24.0 Å². The highest BCUT2D eigenvalue weighted by Gasteiger charge is 2.21. The van der Waals surface area contributed by atoms with Crippen molar-refractivity contribution in [2.24, 2.45) is 0 Å². The Hall–Kier alpha value is -3.07. The molecule has 0 saturated heterocycles. The van der Waals surface area contributed by atoms with Crippen LogP contribution >= 0.6 is 0 Å². The van der Waals surface area contributed by atoms with Crippen LogP contribution < -0.4 is 9.47 Å². The van der Waals surface area contributed by atoms with Crippen molar-refractivity contribution in [3.8, 4) is 35.2 Å². The lowest BCUT2D eigenvalue weighted by Gasteiger charge is -2.12. The van der Waals surface area contributed by atoms with Crippen LogP contribution in [0.4, 0.5) is 0 Å². The second-order valence-electron chi connectivity index (χ2n) is 4.14. The number of terminal acetylenes is 1. The van der Waals surface area contributed by atoms with E-state index in [0.717, 1.165) is 0 Å². The van der Waals surface area contributed by atoms with Gasteiger partial charge in [0.25, 0.3) is 0 Å². The molecule has 0 aliphatic heterocycles.